The molecule has 0 radical (unpaired) electrons. The van der Waals surface area contributed by atoms with Crippen molar-refractivity contribution in [1.82, 2.24) is 15.0 Å². The monoisotopic (exact) mass is 884 g/mol. The zero-order chi connectivity index (χ0) is 47.4. The number of pyridine rings is 1. The molecule has 2 aliphatic rings. The summed E-state index contributed by atoms with van der Waals surface area (Å²) < 4.78 is 28.9. The summed E-state index contributed by atoms with van der Waals surface area (Å²) in [5.74, 6) is 0. The van der Waals surface area contributed by atoms with Crippen LogP contribution in [0.3, 0.4) is 0 Å². The van der Waals surface area contributed by atoms with Crippen LogP contribution in [0.2, 0.25) is 0 Å². The van der Waals surface area contributed by atoms with Gasteiger partial charge in [-0.05, 0) is 142 Å². The number of nitrogens with zero attached hydrogens (tertiary/aromatic N) is 3. The van der Waals surface area contributed by atoms with E-state index in [1.54, 1.807) is 17.7 Å². The van der Waals surface area contributed by atoms with E-state index in [0.717, 1.165) is 127 Å². The van der Waals surface area contributed by atoms with Gasteiger partial charge in [0.25, 0.3) is 0 Å². The Hall–Kier alpha value is -8.57. The molecule has 0 unspecified atom stereocenters. The van der Waals surface area contributed by atoms with Gasteiger partial charge >= 0.3 is 0 Å². The zero-order valence-electron chi connectivity index (χ0n) is 39.5. The fourth-order valence-corrected chi connectivity index (χ4v) is 12.1. The first kappa shape index (κ1) is 35.7. The zero-order valence-corrected chi connectivity index (χ0v) is 37.4. The van der Waals surface area contributed by atoms with Gasteiger partial charge in [0.15, 0.2) is 0 Å². The van der Waals surface area contributed by atoms with Crippen molar-refractivity contribution < 1.29 is 4.11 Å². The maximum atomic E-state index is 9.24. The number of thiophene rings is 1. The third-order valence-corrected chi connectivity index (χ3v) is 15.2. The number of hydrogen-bond acceptors (Lipinski definition) is 4. The van der Waals surface area contributed by atoms with Crippen molar-refractivity contribution in [2.75, 3.05) is 0 Å². The van der Waals surface area contributed by atoms with E-state index in [-0.39, 0.29) is 0 Å². The summed E-state index contributed by atoms with van der Waals surface area (Å²) >= 11 is 1.70. The highest BCUT2D eigenvalue weighted by atomic mass is 32.1. The Morgan fingerprint density at radius 2 is 0.779 bits per heavy atom. The van der Waals surface area contributed by atoms with Gasteiger partial charge in [-0.1, -0.05) is 176 Å². The fraction of sp³-hybridized carbons (Fsp3) is 0.0156. The molecule has 0 aliphatic heterocycles. The number of hydrogen-bond donors (Lipinski definition) is 0. The Kier molecular flexibility index (Phi) is 8.00. The minimum atomic E-state index is -2.45. The van der Waals surface area contributed by atoms with Gasteiger partial charge in [-0.2, -0.15) is 0 Å². The molecule has 3 heterocycles. The second kappa shape index (κ2) is 15.2. The summed E-state index contributed by atoms with van der Waals surface area (Å²) in [6, 6.07) is 70.6. The lowest BCUT2D eigenvalue weighted by molar-refractivity contribution is 1.24. The topological polar surface area (TPSA) is 38.7 Å². The van der Waals surface area contributed by atoms with Gasteiger partial charge in [-0.3, -0.25) is 4.98 Å². The first-order valence-electron chi connectivity index (χ1n) is 24.4. The second-order valence-electron chi connectivity index (χ2n) is 17.6. The molecular formula is C64H39N3S. The Morgan fingerprint density at radius 3 is 1.34 bits per heavy atom. The van der Waals surface area contributed by atoms with Crippen LogP contribution in [0.5, 0.6) is 0 Å². The van der Waals surface area contributed by atoms with Gasteiger partial charge in [0.1, 0.15) is 11.2 Å². The van der Waals surface area contributed by atoms with Crippen LogP contribution in [0.4, 0.5) is 0 Å². The normalized spacial score (nSPS) is 12.7. The molecule has 0 saturated carbocycles. The average molecular weight is 885 g/mol. The number of benzene rings is 9. The molecule has 0 saturated heterocycles. The molecule has 2 aliphatic carbocycles. The lowest BCUT2D eigenvalue weighted by Crippen LogP contribution is -1.99. The molecule has 316 valence electrons. The van der Waals surface area contributed by atoms with Crippen LogP contribution in [-0.2, 0) is 0 Å². The average Bonchev–Trinajstić information content (AvgIpc) is 3.81. The standard InChI is InChI=1S/C64H39N3S/c1-38-42(21-10-22-43(38)40-27-31-54-56-25-12-32-66-62(56)55-20-9-8-16-48(55)47-15-4-7-19-51(47)60(54)34-40)39-26-29-52-53-30-28-41(44-23-11-24-57-61-36-65-37-67-64(61)68-63(44)57)35-59(53)50-18-6-3-14-46(50)45-13-2-5-17-49(45)58(52)33-39/h2-37H,1H3/i1D3. The molecular weight excluding hydrogens is 843 g/mol. The molecule has 3 nitrogen and oxygen atoms in total. The minimum absolute atomic E-state index is 0.322. The highest BCUT2D eigenvalue weighted by Crippen LogP contribution is 2.52. The predicted molar refractivity (Wildman–Crippen MR) is 284 cm³/mol. The third-order valence-electron chi connectivity index (χ3n) is 14.0. The van der Waals surface area contributed by atoms with Crippen molar-refractivity contribution in [2.24, 2.45) is 0 Å². The number of rotatable bonds is 3. The molecule has 0 N–H and O–H groups in total. The summed E-state index contributed by atoms with van der Waals surface area (Å²) in [6.45, 7) is -2.45. The molecule has 9 aromatic carbocycles. The van der Waals surface area contributed by atoms with E-state index in [0.29, 0.717) is 16.7 Å². The number of fused-ring (bicyclic) bond motifs is 19. The molecule has 14 rings (SSSR count). The Labute approximate surface area is 402 Å². The lowest BCUT2D eigenvalue weighted by atomic mass is 9.79. The van der Waals surface area contributed by atoms with E-state index in [1.165, 1.54) is 4.70 Å². The van der Waals surface area contributed by atoms with Crippen molar-refractivity contribution in [1.29, 1.82) is 0 Å². The van der Waals surface area contributed by atoms with Gasteiger partial charge < -0.3 is 0 Å². The smallest absolute Gasteiger partial charge is 0.127 e. The molecule has 0 spiro atoms. The quantitative estimate of drug-likeness (QED) is 0.177. The van der Waals surface area contributed by atoms with Crippen LogP contribution in [0.25, 0.3) is 143 Å². The molecule has 4 heteroatoms. The van der Waals surface area contributed by atoms with Crippen LogP contribution in [0, 0.1) is 6.85 Å². The fourth-order valence-electron chi connectivity index (χ4n) is 10.9. The molecule has 12 aromatic rings. The van der Waals surface area contributed by atoms with Crippen LogP contribution in [0.15, 0.2) is 219 Å². The first-order valence-corrected chi connectivity index (χ1v) is 23.7. The van der Waals surface area contributed by atoms with E-state index in [2.05, 4.69) is 186 Å². The Bertz CT molecular complexity index is 4180. The molecule has 0 amide bonds. The summed E-state index contributed by atoms with van der Waals surface area (Å²) in [6.07, 6.45) is 5.38. The van der Waals surface area contributed by atoms with Crippen LogP contribution in [-0.4, -0.2) is 15.0 Å². The summed E-state index contributed by atoms with van der Waals surface area (Å²) in [7, 11) is 0. The van der Waals surface area contributed by atoms with Crippen LogP contribution in [0.1, 0.15) is 9.68 Å². The molecule has 3 aromatic heterocycles. The van der Waals surface area contributed by atoms with E-state index in [4.69, 9.17) is 4.98 Å². The molecule has 0 atom stereocenters. The first-order chi connectivity index (χ1) is 34.9. The maximum absolute atomic E-state index is 9.24. The number of aromatic nitrogens is 3. The third kappa shape index (κ3) is 5.88. The maximum Gasteiger partial charge on any atom is 0.127 e. The largest absolute Gasteiger partial charge is 0.256 e. The second-order valence-corrected chi connectivity index (χ2v) is 18.6. The van der Waals surface area contributed by atoms with Gasteiger partial charge in [0.05, 0.1) is 5.69 Å². The van der Waals surface area contributed by atoms with Crippen molar-refractivity contribution >= 4 is 31.6 Å². The van der Waals surface area contributed by atoms with Crippen molar-refractivity contribution in [2.45, 2.75) is 6.85 Å². The van der Waals surface area contributed by atoms with Gasteiger partial charge in [0.2, 0.25) is 0 Å². The van der Waals surface area contributed by atoms with E-state index >= 15 is 0 Å². The summed E-state index contributed by atoms with van der Waals surface area (Å²) in [4.78, 5) is 14.9. The summed E-state index contributed by atoms with van der Waals surface area (Å²) in [5, 5.41) is 2.22. The predicted octanol–water partition coefficient (Wildman–Crippen LogP) is 17.5. The van der Waals surface area contributed by atoms with Crippen LogP contribution < -0.4 is 0 Å². The van der Waals surface area contributed by atoms with Crippen LogP contribution >= 0.6 is 11.3 Å². The van der Waals surface area contributed by atoms with E-state index in [9.17, 15) is 4.11 Å². The van der Waals surface area contributed by atoms with Crippen molar-refractivity contribution in [3.05, 3.63) is 224 Å². The Morgan fingerprint density at radius 1 is 0.353 bits per heavy atom. The Balaban J connectivity index is 0.960. The van der Waals surface area contributed by atoms with E-state index < -0.39 is 6.85 Å². The van der Waals surface area contributed by atoms with Crippen molar-refractivity contribution in [3.8, 4) is 123 Å². The van der Waals surface area contributed by atoms with Gasteiger partial charge in [-0.15, -0.1) is 11.3 Å². The molecule has 0 bridgehead atoms. The van der Waals surface area contributed by atoms with Crippen molar-refractivity contribution in [3.63, 3.8) is 0 Å². The van der Waals surface area contributed by atoms with E-state index in [1.807, 2.05) is 36.7 Å². The highest BCUT2D eigenvalue weighted by Gasteiger charge is 2.26. The summed E-state index contributed by atoms with van der Waals surface area (Å²) in [5.41, 5.74) is 22.9. The SMILES string of the molecule is [2H]C([2H])([2H])c1c(-c2ccc3c(c2)-c2ccccc2-c2ccccc2-c2cc(-c4cccc5c4sc4ncncc45)ccc2-3)cccc1-c1ccc2c(c1)-c1ccccc1-c1ccccc1-c1ncccc1-2. The van der Waals surface area contributed by atoms with Gasteiger partial charge in [-0.25, -0.2) is 9.97 Å². The molecule has 0 fully saturated rings. The lowest BCUT2D eigenvalue weighted by Gasteiger charge is -2.25. The van der Waals surface area contributed by atoms with Gasteiger partial charge in [0, 0.05) is 43.1 Å². The molecule has 68 heavy (non-hydrogen) atoms. The minimum Gasteiger partial charge on any atom is -0.256 e. The highest BCUT2D eigenvalue weighted by molar-refractivity contribution is 7.26.